The molecule has 1 aliphatic rings. The van der Waals surface area contributed by atoms with Crippen molar-refractivity contribution in [3.05, 3.63) is 39.5 Å². The fraction of sp³-hybridized carbons (Fsp3) is 0.167. The van der Waals surface area contributed by atoms with Gasteiger partial charge in [-0.3, -0.25) is 0 Å². The molecule has 1 heterocycles. The summed E-state index contributed by atoms with van der Waals surface area (Å²) in [6.45, 7) is 0. The second-order valence-electron chi connectivity index (χ2n) is 3.69. The second-order valence-corrected chi connectivity index (χ2v) is 4.86. The van der Waals surface area contributed by atoms with E-state index < -0.39 is 0 Å². The van der Waals surface area contributed by atoms with Gasteiger partial charge in [0.2, 0.25) is 0 Å². The highest BCUT2D eigenvalue weighted by atomic mass is 32.1. The van der Waals surface area contributed by atoms with Gasteiger partial charge in [-0.15, -0.1) is 11.3 Å². The molecule has 0 atom stereocenters. The first-order valence-electron chi connectivity index (χ1n) is 4.92. The first-order chi connectivity index (χ1) is 7.78. The average molecular weight is 230 g/mol. The van der Waals surface area contributed by atoms with Crippen LogP contribution in [0.4, 0.5) is 4.39 Å². The molecule has 2 aromatic rings. The number of aromatic nitrogens is 1. The standard InChI is InChI=1S/C12H7FN2S/c13-8-1-2-9-7(5-8)6-10-12(9)15-11(16-10)3-4-14/h1-2,5H,3,6H2. The number of fused-ring (bicyclic) bond motifs is 3. The van der Waals surface area contributed by atoms with Crippen LogP contribution in [0, 0.1) is 17.1 Å². The van der Waals surface area contributed by atoms with E-state index in [1.165, 1.54) is 6.07 Å². The van der Waals surface area contributed by atoms with Crippen molar-refractivity contribution in [3.63, 3.8) is 0 Å². The molecule has 0 fully saturated rings. The Morgan fingerprint density at radius 1 is 1.50 bits per heavy atom. The number of rotatable bonds is 1. The lowest BCUT2D eigenvalue weighted by molar-refractivity contribution is 0.626. The third-order valence-electron chi connectivity index (χ3n) is 2.65. The van der Waals surface area contributed by atoms with Crippen molar-refractivity contribution in [1.82, 2.24) is 4.98 Å². The van der Waals surface area contributed by atoms with E-state index in [1.807, 2.05) is 0 Å². The summed E-state index contributed by atoms with van der Waals surface area (Å²) in [4.78, 5) is 5.57. The number of hydrogen-bond donors (Lipinski definition) is 0. The molecule has 3 rings (SSSR count). The topological polar surface area (TPSA) is 36.7 Å². The normalized spacial score (nSPS) is 12.0. The van der Waals surface area contributed by atoms with E-state index in [2.05, 4.69) is 11.1 Å². The van der Waals surface area contributed by atoms with Gasteiger partial charge in [-0.2, -0.15) is 5.26 Å². The van der Waals surface area contributed by atoms with Gasteiger partial charge >= 0.3 is 0 Å². The van der Waals surface area contributed by atoms with E-state index in [-0.39, 0.29) is 5.82 Å². The summed E-state index contributed by atoms with van der Waals surface area (Å²) >= 11 is 1.55. The van der Waals surface area contributed by atoms with Crippen LogP contribution in [0.2, 0.25) is 0 Å². The van der Waals surface area contributed by atoms with Crippen molar-refractivity contribution in [2.24, 2.45) is 0 Å². The minimum absolute atomic E-state index is 0.203. The van der Waals surface area contributed by atoms with Gasteiger partial charge in [0, 0.05) is 16.9 Å². The third-order valence-corrected chi connectivity index (χ3v) is 3.70. The molecule has 1 aromatic carbocycles. The summed E-state index contributed by atoms with van der Waals surface area (Å²) in [7, 11) is 0. The van der Waals surface area contributed by atoms with Gasteiger partial charge in [0.1, 0.15) is 10.8 Å². The summed E-state index contributed by atoms with van der Waals surface area (Å²) in [5.74, 6) is -0.203. The minimum atomic E-state index is -0.203. The van der Waals surface area contributed by atoms with Crippen LogP contribution < -0.4 is 0 Å². The molecule has 78 valence electrons. The molecule has 0 saturated heterocycles. The molecule has 0 bridgehead atoms. The molecule has 0 saturated carbocycles. The molecule has 0 aliphatic heterocycles. The average Bonchev–Trinajstić information content (AvgIpc) is 2.74. The van der Waals surface area contributed by atoms with Crippen LogP contribution in [0.1, 0.15) is 15.4 Å². The molecule has 1 aromatic heterocycles. The zero-order valence-corrected chi connectivity index (χ0v) is 9.14. The van der Waals surface area contributed by atoms with Gasteiger partial charge in [0.15, 0.2) is 0 Å². The van der Waals surface area contributed by atoms with Gasteiger partial charge in [-0.25, -0.2) is 9.37 Å². The first kappa shape index (κ1) is 9.49. The number of halogens is 1. The van der Waals surface area contributed by atoms with Crippen LogP contribution in [0.3, 0.4) is 0 Å². The highest BCUT2D eigenvalue weighted by molar-refractivity contribution is 7.12. The van der Waals surface area contributed by atoms with Crippen molar-refractivity contribution in [2.45, 2.75) is 12.8 Å². The summed E-state index contributed by atoms with van der Waals surface area (Å²) in [6.07, 6.45) is 1.10. The predicted octanol–water partition coefficient (Wildman–Crippen LogP) is 2.92. The van der Waals surface area contributed by atoms with Crippen LogP contribution in [0.25, 0.3) is 11.3 Å². The fourth-order valence-electron chi connectivity index (χ4n) is 1.99. The molecule has 0 spiro atoms. The zero-order valence-electron chi connectivity index (χ0n) is 8.33. The summed E-state index contributed by atoms with van der Waals surface area (Å²) in [5.41, 5.74) is 2.94. The highest BCUT2D eigenvalue weighted by Gasteiger charge is 2.23. The molecule has 4 heteroatoms. The SMILES string of the molecule is N#CCc1nc2c(s1)Cc1cc(F)ccc1-2. The molecular formula is C12H7FN2S. The Morgan fingerprint density at radius 2 is 2.38 bits per heavy atom. The number of hydrogen-bond acceptors (Lipinski definition) is 3. The third kappa shape index (κ3) is 1.33. The quantitative estimate of drug-likeness (QED) is 0.644. The van der Waals surface area contributed by atoms with E-state index in [4.69, 9.17) is 5.26 Å². The Bertz CT molecular complexity index is 610. The number of nitrogens with zero attached hydrogens (tertiary/aromatic N) is 2. The maximum absolute atomic E-state index is 13.0. The Hall–Kier alpha value is -1.73. The summed E-state index contributed by atoms with van der Waals surface area (Å²) in [5, 5.41) is 9.46. The van der Waals surface area contributed by atoms with E-state index in [0.717, 1.165) is 33.1 Å². The van der Waals surface area contributed by atoms with Gasteiger partial charge in [0.25, 0.3) is 0 Å². The predicted molar refractivity (Wildman–Crippen MR) is 59.6 cm³/mol. The largest absolute Gasteiger partial charge is 0.240 e. The maximum Gasteiger partial charge on any atom is 0.123 e. The second kappa shape index (κ2) is 3.39. The van der Waals surface area contributed by atoms with E-state index >= 15 is 0 Å². The summed E-state index contributed by atoms with van der Waals surface area (Å²) in [6, 6.07) is 6.88. The number of thiazole rings is 1. The monoisotopic (exact) mass is 230 g/mol. The number of benzene rings is 1. The van der Waals surface area contributed by atoms with Crippen molar-refractivity contribution in [1.29, 1.82) is 5.26 Å². The smallest absolute Gasteiger partial charge is 0.123 e. The Labute approximate surface area is 96.0 Å². The first-order valence-corrected chi connectivity index (χ1v) is 5.74. The maximum atomic E-state index is 13.0. The molecule has 0 unspecified atom stereocenters. The van der Waals surface area contributed by atoms with Crippen LogP contribution >= 0.6 is 11.3 Å². The Morgan fingerprint density at radius 3 is 3.19 bits per heavy atom. The van der Waals surface area contributed by atoms with Crippen molar-refractivity contribution in [3.8, 4) is 17.3 Å². The van der Waals surface area contributed by atoms with Crippen LogP contribution in [-0.2, 0) is 12.8 Å². The van der Waals surface area contributed by atoms with Gasteiger partial charge in [-0.05, 0) is 23.8 Å². The van der Waals surface area contributed by atoms with Crippen LogP contribution in [-0.4, -0.2) is 4.98 Å². The molecule has 0 radical (unpaired) electrons. The molecule has 2 nitrogen and oxygen atoms in total. The summed E-state index contributed by atoms with van der Waals surface area (Å²) < 4.78 is 13.0. The lowest BCUT2D eigenvalue weighted by Gasteiger charge is -1.98. The van der Waals surface area contributed by atoms with Crippen molar-refractivity contribution >= 4 is 11.3 Å². The van der Waals surface area contributed by atoms with Gasteiger partial charge in [0.05, 0.1) is 18.2 Å². The van der Waals surface area contributed by atoms with E-state index in [0.29, 0.717) is 6.42 Å². The van der Waals surface area contributed by atoms with Crippen molar-refractivity contribution < 1.29 is 4.39 Å². The molecule has 0 N–H and O–H groups in total. The number of nitriles is 1. The van der Waals surface area contributed by atoms with Crippen molar-refractivity contribution in [2.75, 3.05) is 0 Å². The van der Waals surface area contributed by atoms with Gasteiger partial charge in [-0.1, -0.05) is 0 Å². The Kier molecular flexibility index (Phi) is 2.01. The Balaban J connectivity index is 2.10. The molecule has 0 amide bonds. The van der Waals surface area contributed by atoms with Crippen LogP contribution in [0.5, 0.6) is 0 Å². The van der Waals surface area contributed by atoms with E-state index in [1.54, 1.807) is 23.5 Å². The molecule has 1 aliphatic carbocycles. The lowest BCUT2D eigenvalue weighted by atomic mass is 10.1. The fourth-order valence-corrected chi connectivity index (χ4v) is 3.02. The van der Waals surface area contributed by atoms with Crippen LogP contribution in [0.15, 0.2) is 18.2 Å². The highest BCUT2D eigenvalue weighted by Crippen LogP contribution is 2.39. The molecule has 16 heavy (non-hydrogen) atoms. The molecular weight excluding hydrogens is 223 g/mol. The van der Waals surface area contributed by atoms with E-state index in [9.17, 15) is 4.39 Å². The minimum Gasteiger partial charge on any atom is -0.240 e. The van der Waals surface area contributed by atoms with Gasteiger partial charge < -0.3 is 0 Å². The lowest BCUT2D eigenvalue weighted by Crippen LogP contribution is -1.85. The zero-order chi connectivity index (χ0) is 11.1.